The minimum absolute atomic E-state index is 0.144. The zero-order chi connectivity index (χ0) is 9.68. The maximum Gasteiger partial charge on any atom is 0.305 e. The molecule has 0 bridgehead atoms. The van der Waals surface area contributed by atoms with Gasteiger partial charge in [0.15, 0.2) is 0 Å². The number of carbonyl (C=O) groups excluding carboxylic acids is 1. The molecule has 0 spiro atoms. The van der Waals surface area contributed by atoms with Gasteiger partial charge in [0.1, 0.15) is 0 Å². The van der Waals surface area contributed by atoms with Crippen LogP contribution in [-0.4, -0.2) is 39.4 Å². The van der Waals surface area contributed by atoms with Crippen LogP contribution in [0.25, 0.3) is 0 Å². The summed E-state index contributed by atoms with van der Waals surface area (Å²) in [5.74, 6) is 0.160. The highest BCUT2D eigenvalue weighted by molar-refractivity contribution is 5.69. The van der Waals surface area contributed by atoms with Gasteiger partial charge in [0.25, 0.3) is 0 Å². The largest absolute Gasteiger partial charge is 0.469 e. The molecule has 1 fully saturated rings. The molecule has 1 saturated heterocycles. The Hall–Kier alpha value is -0.610. The lowest BCUT2D eigenvalue weighted by Gasteiger charge is -2.30. The first kappa shape index (κ1) is 10.5. The Balaban J connectivity index is 2.40. The molecule has 13 heavy (non-hydrogen) atoms. The van der Waals surface area contributed by atoms with Gasteiger partial charge in [-0.25, -0.2) is 0 Å². The summed E-state index contributed by atoms with van der Waals surface area (Å²) in [6.45, 7) is 1.79. The van der Waals surface area contributed by atoms with Crippen LogP contribution in [0.3, 0.4) is 0 Å². The fourth-order valence-corrected chi connectivity index (χ4v) is 1.69. The van der Waals surface area contributed by atoms with E-state index in [0.29, 0.717) is 12.3 Å². The minimum Gasteiger partial charge on any atom is -0.469 e. The van der Waals surface area contributed by atoms with E-state index in [4.69, 9.17) is 4.74 Å². The average molecular weight is 187 g/mol. The van der Waals surface area contributed by atoms with Gasteiger partial charge in [-0.15, -0.1) is 0 Å². The quantitative estimate of drug-likeness (QED) is 0.640. The van der Waals surface area contributed by atoms with Crippen molar-refractivity contribution >= 4 is 5.97 Å². The summed E-state index contributed by atoms with van der Waals surface area (Å²) in [6, 6.07) is 0. The number of piperidine rings is 1. The summed E-state index contributed by atoms with van der Waals surface area (Å²) in [4.78, 5) is 11.0. The topological polar surface area (TPSA) is 47.6 Å². The van der Waals surface area contributed by atoms with E-state index < -0.39 is 0 Å². The molecule has 0 unspecified atom stereocenters. The van der Waals surface area contributed by atoms with Crippen molar-refractivity contribution in [2.45, 2.75) is 18.9 Å². The lowest BCUT2D eigenvalue weighted by Crippen LogP contribution is -2.42. The predicted octanol–water partition coefficient (Wildman–Crippen LogP) is 0.174. The second kappa shape index (κ2) is 5.19. The van der Waals surface area contributed by atoms with Crippen molar-refractivity contribution in [3.05, 3.63) is 0 Å². The molecule has 1 rings (SSSR count). The van der Waals surface area contributed by atoms with E-state index in [9.17, 15) is 4.79 Å². The number of ether oxygens (including phenoxy) is 2. The maximum atomic E-state index is 11.0. The Bertz CT molecular complexity index is 172. The summed E-state index contributed by atoms with van der Waals surface area (Å²) in [5, 5.41) is 3.23. The predicted molar refractivity (Wildman–Crippen MR) is 48.4 cm³/mol. The molecular formula is C9H17NO3. The monoisotopic (exact) mass is 187 g/mol. The molecule has 4 heteroatoms. The molecule has 0 amide bonds. The Morgan fingerprint density at radius 1 is 1.54 bits per heavy atom. The zero-order valence-corrected chi connectivity index (χ0v) is 8.21. The molecule has 76 valence electrons. The van der Waals surface area contributed by atoms with E-state index in [1.807, 2.05) is 0 Å². The molecule has 0 aromatic heterocycles. The SMILES string of the molecule is COC(=O)C[C@@H]1CCNC[C@@H]1OC. The maximum absolute atomic E-state index is 11.0. The highest BCUT2D eigenvalue weighted by atomic mass is 16.5. The number of esters is 1. The summed E-state index contributed by atoms with van der Waals surface area (Å²) in [6.07, 6.45) is 1.59. The van der Waals surface area contributed by atoms with Crippen molar-refractivity contribution in [1.82, 2.24) is 5.32 Å². The van der Waals surface area contributed by atoms with Gasteiger partial charge < -0.3 is 14.8 Å². The second-order valence-electron chi connectivity index (χ2n) is 3.31. The number of hydrogen-bond donors (Lipinski definition) is 1. The van der Waals surface area contributed by atoms with Crippen LogP contribution in [0, 0.1) is 5.92 Å². The third-order valence-electron chi connectivity index (χ3n) is 2.52. The van der Waals surface area contributed by atoms with Crippen LogP contribution >= 0.6 is 0 Å². The molecule has 0 saturated carbocycles. The molecule has 0 aliphatic carbocycles. The Labute approximate surface area is 78.6 Å². The van der Waals surface area contributed by atoms with Crippen LogP contribution in [0.5, 0.6) is 0 Å². The van der Waals surface area contributed by atoms with Gasteiger partial charge in [-0.3, -0.25) is 4.79 Å². The second-order valence-corrected chi connectivity index (χ2v) is 3.31. The molecule has 1 aliphatic rings. The third kappa shape index (κ3) is 2.97. The van der Waals surface area contributed by atoms with E-state index in [1.165, 1.54) is 7.11 Å². The molecule has 1 aliphatic heterocycles. The first-order valence-corrected chi connectivity index (χ1v) is 4.58. The Kier molecular flexibility index (Phi) is 4.18. The lowest BCUT2D eigenvalue weighted by molar-refractivity contribution is -0.143. The molecular weight excluding hydrogens is 170 g/mol. The lowest BCUT2D eigenvalue weighted by atomic mass is 9.92. The minimum atomic E-state index is -0.144. The van der Waals surface area contributed by atoms with Crippen molar-refractivity contribution in [2.24, 2.45) is 5.92 Å². The fraction of sp³-hybridized carbons (Fsp3) is 0.889. The van der Waals surface area contributed by atoms with E-state index >= 15 is 0 Å². The fourth-order valence-electron chi connectivity index (χ4n) is 1.69. The van der Waals surface area contributed by atoms with Crippen LogP contribution in [0.4, 0.5) is 0 Å². The van der Waals surface area contributed by atoms with Gasteiger partial charge >= 0.3 is 5.97 Å². The number of methoxy groups -OCH3 is 2. The van der Waals surface area contributed by atoms with Crippen LogP contribution < -0.4 is 5.32 Å². The van der Waals surface area contributed by atoms with Gasteiger partial charge in [0, 0.05) is 13.7 Å². The summed E-state index contributed by atoms with van der Waals surface area (Å²) in [7, 11) is 3.10. The molecule has 4 nitrogen and oxygen atoms in total. The van der Waals surface area contributed by atoms with Crippen molar-refractivity contribution in [1.29, 1.82) is 0 Å². The van der Waals surface area contributed by atoms with Gasteiger partial charge in [-0.2, -0.15) is 0 Å². The van der Waals surface area contributed by atoms with Gasteiger partial charge in [0.2, 0.25) is 0 Å². The normalized spacial score (nSPS) is 28.5. The average Bonchev–Trinajstić information content (AvgIpc) is 2.18. The molecule has 2 atom stereocenters. The molecule has 0 aromatic carbocycles. The molecule has 0 aromatic rings. The van der Waals surface area contributed by atoms with Crippen molar-refractivity contribution in [2.75, 3.05) is 27.3 Å². The summed E-state index contributed by atoms with van der Waals surface area (Å²) >= 11 is 0. The van der Waals surface area contributed by atoms with Crippen molar-refractivity contribution < 1.29 is 14.3 Å². The first-order valence-electron chi connectivity index (χ1n) is 4.58. The van der Waals surface area contributed by atoms with Crippen molar-refractivity contribution in [3.63, 3.8) is 0 Å². The third-order valence-corrected chi connectivity index (χ3v) is 2.52. The number of hydrogen-bond acceptors (Lipinski definition) is 4. The van der Waals surface area contributed by atoms with E-state index in [1.54, 1.807) is 7.11 Å². The smallest absolute Gasteiger partial charge is 0.305 e. The number of carbonyl (C=O) groups is 1. The molecule has 1 N–H and O–H groups in total. The van der Waals surface area contributed by atoms with E-state index in [0.717, 1.165) is 19.5 Å². The van der Waals surface area contributed by atoms with Crippen LogP contribution in [0.2, 0.25) is 0 Å². The Morgan fingerprint density at radius 2 is 2.31 bits per heavy atom. The number of rotatable bonds is 3. The summed E-state index contributed by atoms with van der Waals surface area (Å²) in [5.41, 5.74) is 0. The van der Waals surface area contributed by atoms with Crippen molar-refractivity contribution in [3.8, 4) is 0 Å². The summed E-state index contributed by atoms with van der Waals surface area (Å²) < 4.78 is 9.91. The van der Waals surface area contributed by atoms with Crippen LogP contribution in [-0.2, 0) is 14.3 Å². The highest BCUT2D eigenvalue weighted by Crippen LogP contribution is 2.19. The van der Waals surface area contributed by atoms with Gasteiger partial charge in [0.05, 0.1) is 19.6 Å². The Morgan fingerprint density at radius 3 is 2.92 bits per heavy atom. The van der Waals surface area contributed by atoms with E-state index in [-0.39, 0.29) is 12.1 Å². The van der Waals surface area contributed by atoms with Gasteiger partial charge in [-0.1, -0.05) is 0 Å². The standard InChI is InChI=1S/C9H17NO3/c1-12-8-6-10-4-3-7(8)5-9(11)13-2/h7-8,10H,3-6H2,1-2H3/t7-,8-/m0/s1. The van der Waals surface area contributed by atoms with Crippen LogP contribution in [0.1, 0.15) is 12.8 Å². The molecule has 0 radical (unpaired) electrons. The van der Waals surface area contributed by atoms with E-state index in [2.05, 4.69) is 10.1 Å². The number of nitrogens with one attached hydrogen (secondary N) is 1. The molecule has 1 heterocycles. The van der Waals surface area contributed by atoms with Gasteiger partial charge in [-0.05, 0) is 18.9 Å². The van der Waals surface area contributed by atoms with Crippen LogP contribution in [0.15, 0.2) is 0 Å². The zero-order valence-electron chi connectivity index (χ0n) is 8.21. The first-order chi connectivity index (χ1) is 6.27. The highest BCUT2D eigenvalue weighted by Gasteiger charge is 2.26.